The van der Waals surface area contributed by atoms with Gasteiger partial charge in [-0.15, -0.1) is 0 Å². The normalized spacial score (nSPS) is 17.7. The summed E-state index contributed by atoms with van der Waals surface area (Å²) in [6.45, 7) is 13.0. The fraction of sp³-hybridized carbons (Fsp3) is 0.630. The molecule has 2 aliphatic heterocycles. The Bertz CT molecular complexity index is 1200. The van der Waals surface area contributed by atoms with E-state index in [-0.39, 0.29) is 28.0 Å². The van der Waals surface area contributed by atoms with Gasteiger partial charge in [0.25, 0.3) is 0 Å². The summed E-state index contributed by atoms with van der Waals surface area (Å²) in [4.78, 5) is 28.5. The molecule has 40 heavy (non-hydrogen) atoms. The van der Waals surface area contributed by atoms with Crippen LogP contribution < -0.4 is 15.0 Å². The average Bonchev–Trinajstić information content (AvgIpc) is 3.42. The maximum atomic E-state index is 13.5. The third-order valence-corrected chi connectivity index (χ3v) is 12.4. The van der Waals surface area contributed by atoms with E-state index in [1.165, 1.54) is 6.20 Å². The number of halogens is 1. The monoisotopic (exact) mass is 593 g/mol. The minimum absolute atomic E-state index is 0.0606. The second-order valence-corrected chi connectivity index (χ2v) is 16.7. The first kappa shape index (κ1) is 30.6. The van der Waals surface area contributed by atoms with Gasteiger partial charge in [-0.2, -0.15) is 4.98 Å². The number of anilines is 2. The van der Waals surface area contributed by atoms with Gasteiger partial charge >= 0.3 is 6.03 Å². The highest BCUT2D eigenvalue weighted by atomic mass is 35.5. The van der Waals surface area contributed by atoms with Crippen molar-refractivity contribution in [2.45, 2.75) is 77.2 Å². The minimum atomic E-state index is -2.02. The number of nitrogens with one attached hydrogen (secondary N) is 1. The van der Waals surface area contributed by atoms with E-state index in [0.29, 0.717) is 37.9 Å². The van der Waals surface area contributed by atoms with Gasteiger partial charge < -0.3 is 23.4 Å². The van der Waals surface area contributed by atoms with Crippen LogP contribution in [0.15, 0.2) is 12.3 Å². The molecule has 2 aromatic rings. The van der Waals surface area contributed by atoms with Crippen LogP contribution in [0, 0.1) is 0 Å². The molecule has 0 unspecified atom stereocenters. The molecular formula is C27H40ClN5O6Si. The number of urea groups is 1. The van der Waals surface area contributed by atoms with Crippen LogP contribution in [-0.2, 0) is 31.7 Å². The molecule has 0 bridgehead atoms. The number of aryl methyl sites for hydroxylation is 1. The van der Waals surface area contributed by atoms with Crippen molar-refractivity contribution in [1.29, 1.82) is 0 Å². The topological polar surface area (TPSA) is 117 Å². The van der Waals surface area contributed by atoms with Gasteiger partial charge in [-0.1, -0.05) is 32.4 Å². The zero-order valence-corrected chi connectivity index (χ0v) is 26.1. The Morgan fingerprint density at radius 1 is 1.27 bits per heavy atom. The van der Waals surface area contributed by atoms with Crippen LogP contribution in [0.3, 0.4) is 0 Å². The van der Waals surface area contributed by atoms with Crippen LogP contribution in [0.5, 0.6) is 5.88 Å². The van der Waals surface area contributed by atoms with Crippen molar-refractivity contribution in [3.63, 3.8) is 0 Å². The smallest absolute Gasteiger partial charge is 0.329 e. The first-order chi connectivity index (χ1) is 18.9. The number of fused-ring (bicyclic) bond motifs is 1. The van der Waals surface area contributed by atoms with E-state index >= 15 is 0 Å². The minimum Gasteiger partial charge on any atom is -0.471 e. The predicted octanol–water partition coefficient (Wildman–Crippen LogP) is 5.49. The van der Waals surface area contributed by atoms with Crippen molar-refractivity contribution in [3.8, 4) is 5.88 Å². The summed E-state index contributed by atoms with van der Waals surface area (Å²) in [6, 6.07) is 1.65. The zero-order chi connectivity index (χ0) is 29.1. The number of ether oxygens (including phenoxy) is 4. The Balaban J connectivity index is 1.59. The number of hydrogen-bond acceptors (Lipinski definition) is 9. The van der Waals surface area contributed by atoms with Crippen LogP contribution in [0.25, 0.3) is 0 Å². The zero-order valence-electron chi connectivity index (χ0n) is 24.4. The van der Waals surface area contributed by atoms with Crippen molar-refractivity contribution in [1.82, 2.24) is 15.0 Å². The largest absolute Gasteiger partial charge is 0.471 e. The summed E-state index contributed by atoms with van der Waals surface area (Å²) in [5.74, 6) is 0.834. The van der Waals surface area contributed by atoms with Crippen LogP contribution in [-0.4, -0.2) is 69.4 Å². The molecule has 0 radical (unpaired) electrons. The van der Waals surface area contributed by atoms with Crippen LogP contribution in [0.4, 0.5) is 16.6 Å². The lowest BCUT2D eigenvalue weighted by atomic mass is 10.0. The molecule has 4 rings (SSSR count). The number of amides is 2. The molecule has 4 heterocycles. The van der Waals surface area contributed by atoms with Crippen LogP contribution in [0.2, 0.25) is 23.2 Å². The summed E-state index contributed by atoms with van der Waals surface area (Å²) < 4.78 is 28.9. The van der Waals surface area contributed by atoms with E-state index in [1.807, 2.05) is 0 Å². The predicted molar refractivity (Wildman–Crippen MR) is 155 cm³/mol. The van der Waals surface area contributed by atoms with Crippen molar-refractivity contribution >= 4 is 37.7 Å². The van der Waals surface area contributed by atoms with E-state index in [0.717, 1.165) is 30.4 Å². The highest BCUT2D eigenvalue weighted by molar-refractivity contribution is 6.74. The highest BCUT2D eigenvalue weighted by Gasteiger charge is 2.38. The number of carbonyl (C=O) groups is 1. The summed E-state index contributed by atoms with van der Waals surface area (Å²) in [5, 5.41) is 3.09. The second kappa shape index (κ2) is 12.7. The second-order valence-electron chi connectivity index (χ2n) is 11.5. The lowest BCUT2D eigenvalue weighted by Gasteiger charge is -2.36. The molecule has 2 amide bonds. The molecule has 0 aromatic carbocycles. The molecule has 2 aromatic heterocycles. The van der Waals surface area contributed by atoms with Crippen molar-refractivity contribution in [2.24, 2.45) is 0 Å². The van der Waals surface area contributed by atoms with Gasteiger partial charge in [0.15, 0.2) is 8.32 Å². The molecule has 1 saturated heterocycles. The van der Waals surface area contributed by atoms with Gasteiger partial charge in [-0.25, -0.2) is 14.8 Å². The molecule has 13 heteroatoms. The first-order valence-electron chi connectivity index (χ1n) is 13.5. The molecule has 1 fully saturated rings. The van der Waals surface area contributed by atoms with Gasteiger partial charge in [0.2, 0.25) is 18.1 Å². The van der Waals surface area contributed by atoms with Gasteiger partial charge in [-0.3, -0.25) is 10.2 Å². The summed E-state index contributed by atoms with van der Waals surface area (Å²) >= 11 is 6.24. The number of methoxy groups -OCH3 is 2. The molecule has 11 nitrogen and oxygen atoms in total. The van der Waals surface area contributed by atoms with Crippen LogP contribution >= 0.6 is 11.6 Å². The maximum Gasteiger partial charge on any atom is 0.329 e. The van der Waals surface area contributed by atoms with Crippen molar-refractivity contribution in [3.05, 3.63) is 34.1 Å². The highest BCUT2D eigenvalue weighted by Crippen LogP contribution is 2.38. The Labute approximate surface area is 242 Å². The Morgan fingerprint density at radius 3 is 2.67 bits per heavy atom. The van der Waals surface area contributed by atoms with E-state index in [2.05, 4.69) is 55.2 Å². The fourth-order valence-corrected chi connectivity index (χ4v) is 5.38. The Hall–Kier alpha value is -2.35. The van der Waals surface area contributed by atoms with Gasteiger partial charge in [-0.05, 0) is 42.6 Å². The average molecular weight is 594 g/mol. The number of pyridine rings is 1. The first-order valence-corrected chi connectivity index (χ1v) is 16.8. The molecule has 2 aliphatic rings. The van der Waals surface area contributed by atoms with E-state index < -0.39 is 20.6 Å². The molecular weight excluding hydrogens is 554 g/mol. The SMILES string of the molecule is COC(OC)c1nc2c(cc1CO[Si](C)(C)C(C)(C)C)CCCN2C(=O)Nc1ncc(Cl)c(O[C@H]2CCOC2)n1. The third kappa shape index (κ3) is 6.92. The summed E-state index contributed by atoms with van der Waals surface area (Å²) in [5.41, 5.74) is 2.42. The number of carbonyl (C=O) groups excluding carboxylic acids is 1. The van der Waals surface area contributed by atoms with Crippen molar-refractivity contribution in [2.75, 3.05) is 44.2 Å². The Kier molecular flexibility index (Phi) is 9.69. The molecule has 0 saturated carbocycles. The number of hydrogen-bond donors (Lipinski definition) is 1. The van der Waals surface area contributed by atoms with Crippen molar-refractivity contribution < 1.29 is 28.2 Å². The summed E-state index contributed by atoms with van der Waals surface area (Å²) in [6.07, 6.45) is 2.85. The molecule has 220 valence electrons. The lowest BCUT2D eigenvalue weighted by molar-refractivity contribution is -0.109. The van der Waals surface area contributed by atoms with E-state index in [1.54, 1.807) is 19.1 Å². The fourth-order valence-electron chi connectivity index (χ4n) is 4.29. The number of nitrogens with zero attached hydrogens (tertiary/aromatic N) is 4. The molecule has 1 N–H and O–H groups in total. The standard InChI is InChI=1S/C27H40ClN5O6Si/c1-27(2,3)40(6,7)38-15-18-13-17-9-8-11-33(22(17)30-21(18)24(35-4)36-5)26(34)32-25-29-14-20(28)23(31-25)39-19-10-12-37-16-19/h13-14,19,24H,8-12,15-16H2,1-7H3,(H,29,31,32,34)/t19-/m0/s1. The summed E-state index contributed by atoms with van der Waals surface area (Å²) in [7, 11) is 1.10. The maximum absolute atomic E-state index is 13.5. The molecule has 1 atom stereocenters. The molecule has 0 aliphatic carbocycles. The van der Waals surface area contributed by atoms with Gasteiger partial charge in [0, 0.05) is 32.7 Å². The molecule has 0 spiro atoms. The Morgan fingerprint density at radius 2 is 2.02 bits per heavy atom. The van der Waals surface area contributed by atoms with E-state index in [4.69, 9.17) is 40.0 Å². The lowest BCUT2D eigenvalue weighted by Crippen LogP contribution is -2.41. The van der Waals surface area contributed by atoms with Gasteiger partial charge in [0.1, 0.15) is 22.6 Å². The van der Waals surface area contributed by atoms with E-state index in [9.17, 15) is 4.79 Å². The third-order valence-electron chi connectivity index (χ3n) is 7.66. The quantitative estimate of drug-likeness (QED) is 0.297. The number of rotatable bonds is 9. The van der Waals surface area contributed by atoms with Crippen LogP contribution in [0.1, 0.15) is 56.7 Å². The number of aromatic nitrogens is 3. The van der Waals surface area contributed by atoms with Gasteiger partial charge in [0.05, 0.1) is 26.0 Å².